The van der Waals surface area contributed by atoms with Crippen LogP contribution in [0.15, 0.2) is 116 Å². The van der Waals surface area contributed by atoms with Crippen LogP contribution in [0.5, 0.6) is 0 Å². The van der Waals surface area contributed by atoms with Gasteiger partial charge in [-0.05, 0) is 141 Å². The summed E-state index contributed by atoms with van der Waals surface area (Å²) in [5, 5.41) is 17.6. The van der Waals surface area contributed by atoms with E-state index in [1.807, 2.05) is 92.0 Å². The maximum Gasteiger partial charge on any atom is 0.0887 e. The lowest BCUT2D eigenvalue weighted by molar-refractivity contribution is 0.866. The maximum atomic E-state index is 4.54. The molecule has 4 aromatic carbocycles. The van der Waals surface area contributed by atoms with Crippen LogP contribution in [0, 0.1) is 42.4 Å². The first-order valence-corrected chi connectivity index (χ1v) is 14.0. The smallest absolute Gasteiger partial charge is 0.0887 e. The van der Waals surface area contributed by atoms with Crippen LogP contribution in [-0.4, -0.2) is 19.3 Å². The first-order chi connectivity index (χ1) is 21.1. The molecule has 0 fully saturated rings. The predicted octanol–water partition coefficient (Wildman–Crippen LogP) is 9.80. The third-order valence-corrected chi connectivity index (χ3v) is 6.36. The fourth-order valence-electron chi connectivity index (χ4n) is 4.00. The van der Waals surface area contributed by atoms with Crippen LogP contribution in [0.2, 0.25) is 0 Å². The number of benzene rings is 4. The molecule has 0 saturated carbocycles. The Hall–Kier alpha value is -5.77. The SMILES string of the molecule is CC#CC#CC#Cc1ccc(N=Cc2ccc(N=Nc3ccc(N=Nc4ccc(N(CC)CC)cc4)cc3C)cc2)cc1. The second-order valence-electron chi connectivity index (χ2n) is 9.33. The Balaban J connectivity index is 1.33. The summed E-state index contributed by atoms with van der Waals surface area (Å²) >= 11 is 0. The van der Waals surface area contributed by atoms with Crippen molar-refractivity contribution >= 4 is 40.3 Å². The zero-order valence-corrected chi connectivity index (χ0v) is 24.8. The van der Waals surface area contributed by atoms with E-state index >= 15 is 0 Å². The summed E-state index contributed by atoms with van der Waals surface area (Å²) in [5.74, 6) is 16.5. The summed E-state index contributed by atoms with van der Waals surface area (Å²) in [7, 11) is 0. The molecular weight excluding hydrogens is 528 g/mol. The van der Waals surface area contributed by atoms with Gasteiger partial charge in [-0.1, -0.05) is 24.0 Å². The van der Waals surface area contributed by atoms with Gasteiger partial charge in [-0.15, -0.1) is 0 Å². The standard InChI is InChI=1S/C37H32N6/c1-5-8-9-10-11-12-30-13-17-32(18-14-30)38-28-31-15-19-33(20-16-31)40-42-37-26-23-35(27-29(37)4)41-39-34-21-24-36(25-22-34)43(6-2)7-3/h13-28H,6-7H2,1-4H3. The average Bonchev–Trinajstić information content (AvgIpc) is 3.04. The van der Waals surface area contributed by atoms with Gasteiger partial charge in [0.25, 0.3) is 0 Å². The second-order valence-corrected chi connectivity index (χ2v) is 9.33. The number of rotatable bonds is 9. The highest BCUT2D eigenvalue weighted by atomic mass is 15.1. The summed E-state index contributed by atoms with van der Waals surface area (Å²) in [6, 6.07) is 29.3. The lowest BCUT2D eigenvalue weighted by Crippen LogP contribution is -2.21. The Morgan fingerprint density at radius 2 is 1.21 bits per heavy atom. The van der Waals surface area contributed by atoms with Crippen molar-refractivity contribution in [2.75, 3.05) is 18.0 Å². The molecule has 4 rings (SSSR count). The Labute approximate surface area is 254 Å². The molecule has 0 N–H and O–H groups in total. The Morgan fingerprint density at radius 3 is 1.86 bits per heavy atom. The van der Waals surface area contributed by atoms with Gasteiger partial charge < -0.3 is 4.90 Å². The van der Waals surface area contributed by atoms with E-state index in [-0.39, 0.29) is 0 Å². The van der Waals surface area contributed by atoms with Gasteiger partial charge in [-0.2, -0.15) is 20.5 Å². The molecule has 0 aliphatic heterocycles. The van der Waals surface area contributed by atoms with Crippen LogP contribution in [-0.2, 0) is 0 Å². The van der Waals surface area contributed by atoms with Crippen molar-refractivity contribution in [2.24, 2.45) is 25.4 Å². The Morgan fingerprint density at radius 1 is 0.628 bits per heavy atom. The van der Waals surface area contributed by atoms with Crippen LogP contribution in [0.1, 0.15) is 37.5 Å². The summed E-state index contributed by atoms with van der Waals surface area (Å²) in [6.07, 6.45) is 1.81. The van der Waals surface area contributed by atoms with Gasteiger partial charge in [0.05, 0.1) is 28.4 Å². The highest BCUT2D eigenvalue weighted by Gasteiger charge is 2.02. The zero-order chi connectivity index (χ0) is 30.3. The van der Waals surface area contributed by atoms with E-state index in [4.69, 9.17) is 0 Å². The molecule has 4 aromatic rings. The van der Waals surface area contributed by atoms with E-state index in [2.05, 4.69) is 91.9 Å². The Bertz CT molecular complexity index is 1790. The number of aryl methyl sites for hydroxylation is 1. The third-order valence-electron chi connectivity index (χ3n) is 6.36. The summed E-state index contributed by atoms with van der Waals surface area (Å²) in [5.41, 5.74) is 7.94. The molecule has 0 atom stereocenters. The molecule has 0 radical (unpaired) electrons. The van der Waals surface area contributed by atoms with Crippen molar-refractivity contribution < 1.29 is 0 Å². The van der Waals surface area contributed by atoms with Crippen LogP contribution in [0.4, 0.5) is 34.1 Å². The fraction of sp³-hybridized carbons (Fsp3) is 0.162. The van der Waals surface area contributed by atoms with Gasteiger partial charge in [-0.3, -0.25) is 4.99 Å². The number of anilines is 1. The van der Waals surface area contributed by atoms with E-state index < -0.39 is 0 Å². The monoisotopic (exact) mass is 560 g/mol. The molecule has 6 nitrogen and oxygen atoms in total. The van der Waals surface area contributed by atoms with Gasteiger partial charge in [0, 0.05) is 30.6 Å². The molecule has 0 unspecified atom stereocenters. The highest BCUT2D eigenvalue weighted by molar-refractivity contribution is 5.82. The van der Waals surface area contributed by atoms with Crippen LogP contribution in [0.3, 0.4) is 0 Å². The van der Waals surface area contributed by atoms with Gasteiger partial charge in [0.1, 0.15) is 0 Å². The molecular formula is C37H32N6. The number of nitrogens with zero attached hydrogens (tertiary/aromatic N) is 6. The molecule has 0 spiro atoms. The van der Waals surface area contributed by atoms with Crippen molar-refractivity contribution in [3.8, 4) is 35.5 Å². The molecule has 6 heteroatoms. The summed E-state index contributed by atoms with van der Waals surface area (Å²) in [6.45, 7) is 9.98. The fourth-order valence-corrected chi connectivity index (χ4v) is 4.00. The zero-order valence-electron chi connectivity index (χ0n) is 24.8. The quantitative estimate of drug-likeness (QED) is 0.114. The third kappa shape index (κ3) is 9.39. The largest absolute Gasteiger partial charge is 0.372 e. The van der Waals surface area contributed by atoms with Gasteiger partial charge in [0.2, 0.25) is 0 Å². The molecule has 0 saturated heterocycles. The normalized spacial score (nSPS) is 10.6. The number of aliphatic imine (C=N–C) groups is 1. The minimum atomic E-state index is 0.754. The summed E-state index contributed by atoms with van der Waals surface area (Å²) < 4.78 is 0. The summed E-state index contributed by atoms with van der Waals surface area (Å²) in [4.78, 5) is 6.84. The molecule has 0 amide bonds. The molecule has 0 aliphatic carbocycles. The molecule has 0 aliphatic rings. The molecule has 0 heterocycles. The van der Waals surface area contributed by atoms with Crippen LogP contribution in [0.25, 0.3) is 0 Å². The molecule has 0 aromatic heterocycles. The van der Waals surface area contributed by atoms with E-state index in [1.54, 1.807) is 6.92 Å². The van der Waals surface area contributed by atoms with Crippen molar-refractivity contribution in [1.82, 2.24) is 0 Å². The number of hydrogen-bond donors (Lipinski definition) is 0. The molecule has 0 bridgehead atoms. The number of hydrogen-bond acceptors (Lipinski definition) is 6. The number of azo groups is 2. The van der Waals surface area contributed by atoms with E-state index in [0.29, 0.717) is 0 Å². The molecule has 43 heavy (non-hydrogen) atoms. The lowest BCUT2D eigenvalue weighted by atomic mass is 10.2. The predicted molar refractivity (Wildman–Crippen MR) is 178 cm³/mol. The second kappa shape index (κ2) is 15.9. The van der Waals surface area contributed by atoms with Crippen molar-refractivity contribution in [3.63, 3.8) is 0 Å². The lowest BCUT2D eigenvalue weighted by Gasteiger charge is -2.20. The maximum absolute atomic E-state index is 4.54. The van der Waals surface area contributed by atoms with Crippen LogP contribution >= 0.6 is 0 Å². The van der Waals surface area contributed by atoms with Gasteiger partial charge in [0.15, 0.2) is 0 Å². The minimum Gasteiger partial charge on any atom is -0.372 e. The van der Waals surface area contributed by atoms with Gasteiger partial charge >= 0.3 is 0 Å². The van der Waals surface area contributed by atoms with Crippen molar-refractivity contribution in [3.05, 3.63) is 108 Å². The Kier molecular flexibility index (Phi) is 11.1. The van der Waals surface area contributed by atoms with E-state index in [9.17, 15) is 0 Å². The topological polar surface area (TPSA) is 65.0 Å². The van der Waals surface area contributed by atoms with E-state index in [1.165, 1.54) is 5.69 Å². The van der Waals surface area contributed by atoms with Crippen LogP contribution < -0.4 is 4.90 Å². The molecule has 210 valence electrons. The minimum absolute atomic E-state index is 0.754. The first kappa shape index (κ1) is 30.2. The highest BCUT2D eigenvalue weighted by Crippen LogP contribution is 2.28. The van der Waals surface area contributed by atoms with E-state index in [0.717, 1.165) is 58.2 Å². The van der Waals surface area contributed by atoms with Crippen molar-refractivity contribution in [1.29, 1.82) is 0 Å². The first-order valence-electron chi connectivity index (χ1n) is 14.0. The average molecular weight is 561 g/mol. The van der Waals surface area contributed by atoms with Crippen molar-refractivity contribution in [2.45, 2.75) is 27.7 Å². The van der Waals surface area contributed by atoms with Gasteiger partial charge in [-0.25, -0.2) is 0 Å².